The van der Waals surface area contributed by atoms with Crippen LogP contribution in [0.1, 0.15) is 42.6 Å². The summed E-state index contributed by atoms with van der Waals surface area (Å²) in [6.07, 6.45) is 2.64. The molecule has 0 saturated carbocycles. The number of hydrogen-bond donors (Lipinski definition) is 2. The van der Waals surface area contributed by atoms with Gasteiger partial charge in [0.1, 0.15) is 0 Å². The van der Waals surface area contributed by atoms with Crippen molar-refractivity contribution in [3.63, 3.8) is 0 Å². The number of nitrogens with zero attached hydrogens (tertiary/aromatic N) is 3. The molecule has 2 atom stereocenters. The summed E-state index contributed by atoms with van der Waals surface area (Å²) in [5.41, 5.74) is 1.82. The van der Waals surface area contributed by atoms with Crippen LogP contribution in [-0.4, -0.2) is 68.5 Å². The number of carbonyl (C=O) groups is 1. The number of rotatable bonds is 6. The largest absolute Gasteiger partial charge is 0.355 e. The molecule has 6 nitrogen and oxygen atoms in total. The molecule has 1 fully saturated rings. The van der Waals surface area contributed by atoms with Crippen molar-refractivity contribution in [1.82, 2.24) is 20.4 Å². The van der Waals surface area contributed by atoms with Crippen molar-refractivity contribution < 1.29 is 4.79 Å². The highest BCUT2D eigenvalue weighted by Crippen LogP contribution is 2.17. The molecule has 1 aliphatic heterocycles. The van der Waals surface area contributed by atoms with Crippen LogP contribution < -0.4 is 10.6 Å². The number of amides is 1. The van der Waals surface area contributed by atoms with Crippen molar-refractivity contribution in [3.8, 4) is 0 Å². The van der Waals surface area contributed by atoms with E-state index in [-0.39, 0.29) is 5.91 Å². The van der Waals surface area contributed by atoms with E-state index in [2.05, 4.69) is 34.4 Å². The lowest BCUT2D eigenvalue weighted by atomic mass is 9.99. The lowest BCUT2D eigenvalue weighted by Gasteiger charge is -2.35. The lowest BCUT2D eigenvalue weighted by Crippen LogP contribution is -2.48. The molecule has 0 spiro atoms. The maximum atomic E-state index is 11.9. The fourth-order valence-corrected chi connectivity index (χ4v) is 3.43. The van der Waals surface area contributed by atoms with Crippen LogP contribution >= 0.6 is 0 Å². The van der Waals surface area contributed by atoms with Crippen LogP contribution in [0.5, 0.6) is 0 Å². The zero-order chi connectivity index (χ0) is 19.8. The third kappa shape index (κ3) is 6.54. The number of carbonyl (C=O) groups excluding carboxylic acids is 1. The third-order valence-electron chi connectivity index (χ3n) is 5.17. The summed E-state index contributed by atoms with van der Waals surface area (Å²) in [4.78, 5) is 20.4. The van der Waals surface area contributed by atoms with Gasteiger partial charge in [-0.15, -0.1) is 0 Å². The molecule has 2 rings (SSSR count). The van der Waals surface area contributed by atoms with Gasteiger partial charge >= 0.3 is 0 Å². The SMILES string of the molecule is CN=C(NCc1ccc(C(=O)N(C)C)cc1)NCC(C)N1CCCC(C)C1. The summed E-state index contributed by atoms with van der Waals surface area (Å²) in [7, 11) is 5.32. The van der Waals surface area contributed by atoms with Crippen LogP contribution in [0.4, 0.5) is 0 Å². The molecule has 1 aromatic rings. The van der Waals surface area contributed by atoms with Gasteiger partial charge in [-0.25, -0.2) is 0 Å². The number of piperidine rings is 1. The van der Waals surface area contributed by atoms with Gasteiger partial charge in [0.25, 0.3) is 5.91 Å². The first-order chi connectivity index (χ1) is 12.9. The minimum absolute atomic E-state index is 0.0213. The third-order valence-corrected chi connectivity index (χ3v) is 5.17. The van der Waals surface area contributed by atoms with E-state index in [4.69, 9.17) is 0 Å². The van der Waals surface area contributed by atoms with Crippen molar-refractivity contribution >= 4 is 11.9 Å². The van der Waals surface area contributed by atoms with E-state index in [1.807, 2.05) is 24.3 Å². The van der Waals surface area contributed by atoms with Gasteiger partial charge in [-0.2, -0.15) is 0 Å². The van der Waals surface area contributed by atoms with Crippen molar-refractivity contribution in [3.05, 3.63) is 35.4 Å². The van der Waals surface area contributed by atoms with Gasteiger partial charge in [0, 0.05) is 52.4 Å². The van der Waals surface area contributed by atoms with Crippen molar-refractivity contribution in [2.24, 2.45) is 10.9 Å². The highest BCUT2D eigenvalue weighted by atomic mass is 16.2. The first-order valence-corrected chi connectivity index (χ1v) is 9.90. The molecule has 6 heteroatoms. The van der Waals surface area contributed by atoms with E-state index in [9.17, 15) is 4.79 Å². The molecule has 1 saturated heterocycles. The number of benzene rings is 1. The molecule has 0 bridgehead atoms. The Morgan fingerprint density at radius 1 is 1.30 bits per heavy atom. The smallest absolute Gasteiger partial charge is 0.253 e. The zero-order valence-corrected chi connectivity index (χ0v) is 17.5. The molecule has 0 aliphatic carbocycles. The second-order valence-electron chi connectivity index (χ2n) is 7.79. The minimum atomic E-state index is 0.0213. The molecule has 0 aromatic heterocycles. The van der Waals surface area contributed by atoms with E-state index in [1.165, 1.54) is 25.9 Å². The number of guanidine groups is 1. The summed E-state index contributed by atoms with van der Waals surface area (Å²) in [6.45, 7) is 8.54. The van der Waals surface area contributed by atoms with E-state index < -0.39 is 0 Å². The highest BCUT2D eigenvalue weighted by Gasteiger charge is 2.20. The summed E-state index contributed by atoms with van der Waals surface area (Å²) in [5.74, 6) is 1.62. The van der Waals surface area contributed by atoms with Gasteiger partial charge in [-0.1, -0.05) is 19.1 Å². The van der Waals surface area contributed by atoms with Gasteiger partial charge < -0.3 is 15.5 Å². The van der Waals surface area contributed by atoms with Gasteiger partial charge in [0.2, 0.25) is 0 Å². The quantitative estimate of drug-likeness (QED) is 0.593. The first-order valence-electron chi connectivity index (χ1n) is 9.90. The van der Waals surface area contributed by atoms with E-state index >= 15 is 0 Å². The maximum absolute atomic E-state index is 11.9. The van der Waals surface area contributed by atoms with Crippen LogP contribution in [0.2, 0.25) is 0 Å². The standard InChI is InChI=1S/C21H35N5O/c1-16-7-6-12-26(15-16)17(2)13-23-21(22-3)24-14-18-8-10-19(11-9-18)20(27)25(4)5/h8-11,16-17H,6-7,12-15H2,1-5H3,(H2,22,23,24). The molecule has 150 valence electrons. The molecular formula is C21H35N5O. The van der Waals surface area contributed by atoms with E-state index in [0.717, 1.165) is 24.0 Å². The van der Waals surface area contributed by atoms with E-state index in [0.29, 0.717) is 18.2 Å². The van der Waals surface area contributed by atoms with Gasteiger partial charge in [0.15, 0.2) is 5.96 Å². The predicted molar refractivity (Wildman–Crippen MR) is 112 cm³/mol. The Balaban J connectivity index is 1.79. The predicted octanol–water partition coefficient (Wildman–Crippen LogP) is 2.17. The fourth-order valence-electron chi connectivity index (χ4n) is 3.43. The minimum Gasteiger partial charge on any atom is -0.355 e. The number of nitrogens with one attached hydrogen (secondary N) is 2. The highest BCUT2D eigenvalue weighted by molar-refractivity contribution is 5.93. The molecule has 0 radical (unpaired) electrons. The topological polar surface area (TPSA) is 60.0 Å². The molecule has 27 heavy (non-hydrogen) atoms. The second-order valence-corrected chi connectivity index (χ2v) is 7.79. The molecule has 2 unspecified atom stereocenters. The number of likely N-dealkylation sites (tertiary alicyclic amines) is 1. The zero-order valence-electron chi connectivity index (χ0n) is 17.5. The Morgan fingerprint density at radius 2 is 2.00 bits per heavy atom. The Morgan fingerprint density at radius 3 is 2.59 bits per heavy atom. The normalized spacial score (nSPS) is 19.4. The molecule has 1 heterocycles. The first kappa shape index (κ1) is 21.2. The second kappa shape index (κ2) is 10.3. The van der Waals surface area contributed by atoms with Crippen LogP contribution in [0.3, 0.4) is 0 Å². The van der Waals surface area contributed by atoms with Gasteiger partial charge in [-0.05, 0) is 49.9 Å². The lowest BCUT2D eigenvalue weighted by molar-refractivity contribution is 0.0827. The van der Waals surface area contributed by atoms with E-state index in [1.54, 1.807) is 26.0 Å². The molecule has 2 N–H and O–H groups in total. The molecule has 1 aliphatic rings. The Kier molecular flexibility index (Phi) is 8.10. The molecule has 1 amide bonds. The van der Waals surface area contributed by atoms with Crippen molar-refractivity contribution in [2.45, 2.75) is 39.3 Å². The summed E-state index contributed by atoms with van der Waals surface area (Å²) < 4.78 is 0. The maximum Gasteiger partial charge on any atom is 0.253 e. The Bertz CT molecular complexity index is 626. The van der Waals surface area contributed by atoms with Crippen LogP contribution in [0.15, 0.2) is 29.3 Å². The summed E-state index contributed by atoms with van der Waals surface area (Å²) in [6, 6.07) is 8.19. The Hall–Kier alpha value is -2.08. The molecular weight excluding hydrogens is 338 g/mol. The van der Waals surface area contributed by atoms with Gasteiger partial charge in [-0.3, -0.25) is 14.7 Å². The van der Waals surface area contributed by atoms with Gasteiger partial charge in [0.05, 0.1) is 0 Å². The van der Waals surface area contributed by atoms with Crippen LogP contribution in [0, 0.1) is 5.92 Å². The average Bonchev–Trinajstić information content (AvgIpc) is 2.67. The number of hydrogen-bond acceptors (Lipinski definition) is 3. The Labute approximate surface area is 164 Å². The average molecular weight is 374 g/mol. The fraction of sp³-hybridized carbons (Fsp3) is 0.619. The van der Waals surface area contributed by atoms with Crippen LogP contribution in [0.25, 0.3) is 0 Å². The van der Waals surface area contributed by atoms with Crippen molar-refractivity contribution in [2.75, 3.05) is 40.8 Å². The molecule has 1 aromatic carbocycles. The number of aliphatic imine (C=N–C) groups is 1. The van der Waals surface area contributed by atoms with Crippen molar-refractivity contribution in [1.29, 1.82) is 0 Å². The monoisotopic (exact) mass is 373 g/mol. The summed E-state index contributed by atoms with van der Waals surface area (Å²) >= 11 is 0. The summed E-state index contributed by atoms with van der Waals surface area (Å²) in [5, 5.41) is 6.78. The van der Waals surface area contributed by atoms with Crippen LogP contribution in [-0.2, 0) is 6.54 Å².